The Labute approximate surface area is 102 Å². The summed E-state index contributed by atoms with van der Waals surface area (Å²) >= 11 is 1.71. The van der Waals surface area contributed by atoms with Crippen molar-refractivity contribution in [3.8, 4) is 0 Å². The Morgan fingerprint density at radius 3 is 2.06 bits per heavy atom. The van der Waals surface area contributed by atoms with Crippen molar-refractivity contribution >= 4 is 21.4 Å². The molecule has 1 aromatic carbocycles. The van der Waals surface area contributed by atoms with E-state index in [9.17, 15) is 4.39 Å². The molecule has 0 aliphatic carbocycles. The molecule has 0 unspecified atom stereocenters. The second-order valence-corrected chi connectivity index (χ2v) is 4.28. The number of rotatable bonds is 0. The molecule has 0 amide bonds. The zero-order chi connectivity index (χ0) is 12.7. The summed E-state index contributed by atoms with van der Waals surface area (Å²) in [5.74, 6) is -0.111. The molecule has 0 fully saturated rings. The maximum Gasteiger partial charge on any atom is 0.126 e. The van der Waals surface area contributed by atoms with Crippen LogP contribution in [0.25, 0.3) is 10.1 Å². The molecule has 0 nitrogen and oxygen atoms in total. The van der Waals surface area contributed by atoms with Crippen molar-refractivity contribution in [3.05, 3.63) is 34.5 Å². The van der Waals surface area contributed by atoms with Crippen LogP contribution >= 0.6 is 11.3 Å². The number of benzene rings is 1. The fraction of sp³-hybridized carbons (Fsp3) is 0.429. The fourth-order valence-electron chi connectivity index (χ4n) is 1.29. The summed E-state index contributed by atoms with van der Waals surface area (Å²) in [6.07, 6.45) is 0. The molecule has 0 bridgehead atoms. The van der Waals surface area contributed by atoms with Gasteiger partial charge in [-0.05, 0) is 43.0 Å². The normalized spacial score (nSPS) is 8.94. The topological polar surface area (TPSA) is 0 Å². The van der Waals surface area contributed by atoms with Crippen LogP contribution in [0.1, 0.15) is 38.1 Å². The van der Waals surface area contributed by atoms with Crippen LogP contribution in [0.2, 0.25) is 0 Å². The molecule has 90 valence electrons. The minimum Gasteiger partial charge on any atom is -0.207 e. The fourth-order valence-corrected chi connectivity index (χ4v) is 2.30. The van der Waals surface area contributed by atoms with Crippen LogP contribution in [-0.2, 0) is 0 Å². The Kier molecular flexibility index (Phi) is 6.98. The van der Waals surface area contributed by atoms with E-state index in [1.807, 2.05) is 46.8 Å². The third-order valence-corrected chi connectivity index (χ3v) is 2.93. The number of thiophene rings is 1. The summed E-state index contributed by atoms with van der Waals surface area (Å²) in [6.45, 7) is 11.8. The average molecular weight is 240 g/mol. The van der Waals surface area contributed by atoms with Gasteiger partial charge in [-0.2, -0.15) is 0 Å². The SMILES string of the molecule is CC.CC.Cc1cc2cc(F)c(C)cc2s1. The second-order valence-electron chi connectivity index (χ2n) is 3.00. The van der Waals surface area contributed by atoms with Gasteiger partial charge in [0, 0.05) is 9.58 Å². The molecule has 2 heteroatoms. The average Bonchev–Trinajstić information content (AvgIpc) is 2.64. The zero-order valence-corrected chi connectivity index (χ0v) is 11.8. The molecule has 2 rings (SSSR count). The first-order chi connectivity index (χ1) is 7.66. The van der Waals surface area contributed by atoms with Gasteiger partial charge in [0.1, 0.15) is 5.82 Å². The van der Waals surface area contributed by atoms with Crippen molar-refractivity contribution in [3.63, 3.8) is 0 Å². The Balaban J connectivity index is 0.000000509. The summed E-state index contributed by atoms with van der Waals surface area (Å²) < 4.78 is 14.2. The van der Waals surface area contributed by atoms with Crippen LogP contribution in [-0.4, -0.2) is 0 Å². The zero-order valence-electron chi connectivity index (χ0n) is 11.0. The van der Waals surface area contributed by atoms with Crippen LogP contribution < -0.4 is 0 Å². The van der Waals surface area contributed by atoms with Crippen LogP contribution in [0.3, 0.4) is 0 Å². The van der Waals surface area contributed by atoms with Crippen molar-refractivity contribution < 1.29 is 4.39 Å². The van der Waals surface area contributed by atoms with E-state index in [1.165, 1.54) is 9.58 Å². The summed E-state index contributed by atoms with van der Waals surface area (Å²) in [5.41, 5.74) is 0.726. The molecule has 0 aliphatic rings. The van der Waals surface area contributed by atoms with Crippen molar-refractivity contribution in [2.24, 2.45) is 0 Å². The van der Waals surface area contributed by atoms with Crippen LogP contribution in [0.5, 0.6) is 0 Å². The third kappa shape index (κ3) is 3.60. The summed E-state index contributed by atoms with van der Waals surface area (Å²) in [6, 6.07) is 5.53. The highest BCUT2D eigenvalue weighted by atomic mass is 32.1. The molecule has 0 saturated heterocycles. The Morgan fingerprint density at radius 2 is 1.50 bits per heavy atom. The van der Waals surface area contributed by atoms with Gasteiger partial charge in [0.15, 0.2) is 0 Å². The summed E-state index contributed by atoms with van der Waals surface area (Å²) in [5, 5.41) is 1.01. The van der Waals surface area contributed by atoms with Gasteiger partial charge < -0.3 is 0 Å². The maximum absolute atomic E-state index is 13.1. The summed E-state index contributed by atoms with van der Waals surface area (Å²) in [7, 11) is 0. The van der Waals surface area contributed by atoms with Gasteiger partial charge in [-0.1, -0.05) is 27.7 Å². The van der Waals surface area contributed by atoms with Crippen molar-refractivity contribution in [2.45, 2.75) is 41.5 Å². The highest BCUT2D eigenvalue weighted by molar-refractivity contribution is 7.19. The van der Waals surface area contributed by atoms with E-state index in [0.717, 1.165) is 10.9 Å². The van der Waals surface area contributed by atoms with E-state index < -0.39 is 0 Å². The predicted molar refractivity (Wildman–Crippen MR) is 74.0 cm³/mol. The second kappa shape index (κ2) is 7.39. The van der Waals surface area contributed by atoms with Crippen LogP contribution in [0.4, 0.5) is 4.39 Å². The molecule has 0 atom stereocenters. The Bertz CT molecular complexity index is 390. The lowest BCUT2D eigenvalue weighted by Crippen LogP contribution is -1.78. The van der Waals surface area contributed by atoms with E-state index in [-0.39, 0.29) is 5.82 Å². The minimum atomic E-state index is -0.111. The standard InChI is InChI=1S/C10H9FS.2C2H6/c1-6-3-10-8(5-9(6)11)4-7(2)12-10;2*1-2/h3-5H,1-2H3;2*1-2H3. The van der Waals surface area contributed by atoms with Crippen LogP contribution in [0.15, 0.2) is 18.2 Å². The van der Waals surface area contributed by atoms with Gasteiger partial charge in [0.05, 0.1) is 0 Å². The van der Waals surface area contributed by atoms with Crippen molar-refractivity contribution in [1.82, 2.24) is 0 Å². The summed E-state index contributed by atoms with van der Waals surface area (Å²) in [4.78, 5) is 1.23. The monoisotopic (exact) mass is 240 g/mol. The molecule has 1 heterocycles. The highest BCUT2D eigenvalue weighted by Gasteiger charge is 2.02. The third-order valence-electron chi connectivity index (χ3n) is 1.92. The minimum absolute atomic E-state index is 0.111. The van der Waals surface area contributed by atoms with E-state index in [1.54, 1.807) is 24.3 Å². The van der Waals surface area contributed by atoms with E-state index in [2.05, 4.69) is 0 Å². The maximum atomic E-state index is 13.1. The Hall–Kier alpha value is -0.890. The molecule has 0 spiro atoms. The molecular weight excluding hydrogens is 219 g/mol. The number of aryl methyl sites for hydroxylation is 2. The smallest absolute Gasteiger partial charge is 0.126 e. The first kappa shape index (κ1) is 15.1. The number of fused-ring (bicyclic) bond motifs is 1. The molecule has 2 aromatic rings. The van der Waals surface area contributed by atoms with Gasteiger partial charge in [-0.3, -0.25) is 0 Å². The van der Waals surface area contributed by atoms with Crippen molar-refractivity contribution in [1.29, 1.82) is 0 Å². The molecule has 16 heavy (non-hydrogen) atoms. The van der Waals surface area contributed by atoms with Gasteiger partial charge in [-0.25, -0.2) is 4.39 Å². The Morgan fingerprint density at radius 1 is 0.938 bits per heavy atom. The van der Waals surface area contributed by atoms with Crippen LogP contribution in [0, 0.1) is 19.7 Å². The highest BCUT2D eigenvalue weighted by Crippen LogP contribution is 2.27. The number of halogens is 1. The lowest BCUT2D eigenvalue weighted by Gasteiger charge is -1.94. The molecule has 0 saturated carbocycles. The lowest BCUT2D eigenvalue weighted by atomic mass is 10.2. The van der Waals surface area contributed by atoms with E-state index in [0.29, 0.717) is 0 Å². The van der Waals surface area contributed by atoms with E-state index in [4.69, 9.17) is 0 Å². The molecule has 1 aromatic heterocycles. The quantitative estimate of drug-likeness (QED) is 0.553. The van der Waals surface area contributed by atoms with Gasteiger partial charge in [-0.15, -0.1) is 11.3 Å². The number of hydrogen-bond acceptors (Lipinski definition) is 1. The molecule has 0 radical (unpaired) electrons. The largest absolute Gasteiger partial charge is 0.207 e. The molecular formula is C14H21FS. The molecule has 0 aliphatic heterocycles. The predicted octanol–water partition coefficient (Wildman–Crippen LogP) is 5.71. The van der Waals surface area contributed by atoms with Crippen molar-refractivity contribution in [2.75, 3.05) is 0 Å². The van der Waals surface area contributed by atoms with Gasteiger partial charge >= 0.3 is 0 Å². The van der Waals surface area contributed by atoms with Gasteiger partial charge in [0.25, 0.3) is 0 Å². The lowest BCUT2D eigenvalue weighted by molar-refractivity contribution is 0.620. The first-order valence-corrected chi connectivity index (χ1v) is 6.65. The molecule has 0 N–H and O–H groups in total. The van der Waals surface area contributed by atoms with E-state index >= 15 is 0 Å². The first-order valence-electron chi connectivity index (χ1n) is 5.83. The van der Waals surface area contributed by atoms with Gasteiger partial charge in [0.2, 0.25) is 0 Å². The number of hydrogen-bond donors (Lipinski definition) is 0.